The Balaban J connectivity index is 3.39. The molecule has 0 radical (unpaired) electrons. The van der Waals surface area contributed by atoms with Crippen molar-refractivity contribution in [1.29, 1.82) is 0 Å². The van der Waals surface area contributed by atoms with Crippen LogP contribution in [0.1, 0.15) is 0 Å². The molecule has 0 aliphatic heterocycles. The molecular formula is C3H8NO5P. The summed E-state index contributed by atoms with van der Waals surface area (Å²) >= 11 is 0. The van der Waals surface area contributed by atoms with Crippen LogP contribution in [-0.2, 0) is 9.36 Å². The molecule has 7 heteroatoms. The van der Waals surface area contributed by atoms with Crippen LogP contribution >= 0.6 is 7.60 Å². The molecule has 0 fully saturated rings. The molecule has 0 aliphatic carbocycles. The van der Waals surface area contributed by atoms with Crippen molar-refractivity contribution in [2.45, 2.75) is 0 Å². The lowest BCUT2D eigenvalue weighted by molar-refractivity contribution is -0.135. The van der Waals surface area contributed by atoms with Crippen molar-refractivity contribution < 1.29 is 24.3 Å². The van der Waals surface area contributed by atoms with Crippen molar-refractivity contribution in [2.75, 3.05) is 12.8 Å². The van der Waals surface area contributed by atoms with Crippen molar-refractivity contribution in [3.8, 4) is 0 Å². The lowest BCUT2D eigenvalue weighted by Gasteiger charge is -2.02. The Labute approximate surface area is 57.0 Å². The maximum absolute atomic E-state index is 10.1. The van der Waals surface area contributed by atoms with Crippen molar-refractivity contribution >= 4 is 13.6 Å². The number of rotatable bonds is 4. The lowest BCUT2D eigenvalue weighted by Crippen LogP contribution is -2.23. The summed E-state index contributed by atoms with van der Waals surface area (Å²) in [5.74, 6) is -1.14. The topological polar surface area (TPSA) is 107 Å². The van der Waals surface area contributed by atoms with Crippen LogP contribution in [0.4, 0.5) is 0 Å². The van der Waals surface area contributed by atoms with Crippen LogP contribution < -0.4 is 5.32 Å². The SMILES string of the molecule is O=C(O)[13CH2]NCP(=O)(O)O. The molecule has 0 rings (SSSR count). The summed E-state index contributed by atoms with van der Waals surface area (Å²) in [7, 11) is -4.10. The lowest BCUT2D eigenvalue weighted by atomic mass is 11.0. The van der Waals surface area contributed by atoms with Crippen LogP contribution in [0, 0.1) is 0 Å². The smallest absolute Gasteiger partial charge is 0.339 e. The van der Waals surface area contributed by atoms with Crippen LogP contribution in [-0.4, -0.2) is 33.7 Å². The molecule has 60 valence electrons. The van der Waals surface area contributed by atoms with Gasteiger partial charge in [0, 0.05) is 0 Å². The highest BCUT2D eigenvalue weighted by molar-refractivity contribution is 7.51. The summed E-state index contributed by atoms with van der Waals surface area (Å²) in [6, 6.07) is 0. The molecule has 0 spiro atoms. The van der Waals surface area contributed by atoms with Crippen molar-refractivity contribution in [2.24, 2.45) is 0 Å². The van der Waals surface area contributed by atoms with Crippen LogP contribution in [0.2, 0.25) is 0 Å². The largest absolute Gasteiger partial charge is 0.480 e. The van der Waals surface area contributed by atoms with E-state index in [4.69, 9.17) is 14.9 Å². The van der Waals surface area contributed by atoms with Gasteiger partial charge in [-0.15, -0.1) is 0 Å². The van der Waals surface area contributed by atoms with Gasteiger partial charge in [-0.05, 0) is 0 Å². The van der Waals surface area contributed by atoms with E-state index in [0.717, 1.165) is 0 Å². The quantitative estimate of drug-likeness (QED) is 0.311. The van der Waals surface area contributed by atoms with E-state index in [1.807, 2.05) is 0 Å². The first-order valence-corrected chi connectivity index (χ1v) is 4.18. The van der Waals surface area contributed by atoms with Gasteiger partial charge >= 0.3 is 13.6 Å². The highest BCUT2D eigenvalue weighted by Gasteiger charge is 2.11. The molecule has 0 unspecified atom stereocenters. The summed E-state index contributed by atoms with van der Waals surface area (Å²) in [6.07, 6.45) is -0.598. The molecule has 10 heavy (non-hydrogen) atoms. The first-order chi connectivity index (χ1) is 4.42. The number of hydrogen-bond acceptors (Lipinski definition) is 3. The third-order valence-corrected chi connectivity index (χ3v) is 1.23. The van der Waals surface area contributed by atoms with Crippen molar-refractivity contribution in [3.05, 3.63) is 0 Å². The normalized spacial score (nSPS) is 11.4. The minimum atomic E-state index is -4.10. The summed E-state index contributed by atoms with van der Waals surface area (Å²) in [5, 5.41) is 10.1. The van der Waals surface area contributed by atoms with Gasteiger partial charge in [-0.1, -0.05) is 0 Å². The monoisotopic (exact) mass is 170 g/mol. The average molecular weight is 170 g/mol. The van der Waals surface area contributed by atoms with Gasteiger partial charge in [0.15, 0.2) is 0 Å². The summed E-state index contributed by atoms with van der Waals surface area (Å²) in [6.45, 7) is -0.439. The molecule has 0 heterocycles. The third kappa shape index (κ3) is 7.58. The van der Waals surface area contributed by atoms with Crippen LogP contribution in [0.15, 0.2) is 0 Å². The third-order valence-electron chi connectivity index (χ3n) is 0.594. The number of carbonyl (C=O) groups is 1. The molecule has 0 atom stereocenters. The predicted octanol–water partition coefficient (Wildman–Crippen LogP) is -1.20. The zero-order valence-electron chi connectivity index (χ0n) is 5.02. The Morgan fingerprint density at radius 3 is 2.30 bits per heavy atom. The predicted molar refractivity (Wildman–Crippen MR) is 32.5 cm³/mol. The fourth-order valence-electron chi connectivity index (χ4n) is 0.308. The van der Waals surface area contributed by atoms with E-state index in [-0.39, 0.29) is 0 Å². The molecule has 0 saturated carbocycles. The highest BCUT2D eigenvalue weighted by atomic mass is 31.2. The van der Waals surface area contributed by atoms with E-state index < -0.39 is 26.4 Å². The standard InChI is InChI=1S/C3H8NO5P/c5-3(6)1-4-2-10(7,8)9/h4H,1-2H2,(H,5,6)(H2,7,8,9)/i1+1. The number of carboxylic acid groups (broad SMARTS) is 1. The molecule has 6 nitrogen and oxygen atoms in total. The van der Waals surface area contributed by atoms with Gasteiger partial charge in [0.05, 0.1) is 12.8 Å². The molecule has 4 N–H and O–H groups in total. The number of hydrogen-bond donors (Lipinski definition) is 4. The van der Waals surface area contributed by atoms with Crippen LogP contribution in [0.5, 0.6) is 0 Å². The van der Waals surface area contributed by atoms with Gasteiger partial charge in [-0.25, -0.2) is 0 Å². The number of nitrogens with one attached hydrogen (secondary N) is 1. The van der Waals surface area contributed by atoms with Gasteiger partial charge in [-0.3, -0.25) is 14.7 Å². The summed E-state index contributed by atoms with van der Waals surface area (Å²) in [4.78, 5) is 26.1. The van der Waals surface area contributed by atoms with Crippen molar-refractivity contribution in [3.63, 3.8) is 0 Å². The van der Waals surface area contributed by atoms with E-state index in [2.05, 4.69) is 5.32 Å². The van der Waals surface area contributed by atoms with Crippen molar-refractivity contribution in [1.82, 2.24) is 5.32 Å². The molecule has 0 aromatic heterocycles. The molecule has 0 aliphatic rings. The second-order valence-electron chi connectivity index (χ2n) is 1.64. The molecule has 0 bridgehead atoms. The Bertz CT molecular complexity index is 162. The maximum Gasteiger partial charge on any atom is 0.339 e. The zero-order chi connectivity index (χ0) is 8.20. The van der Waals surface area contributed by atoms with Gasteiger partial charge in [-0.2, -0.15) is 0 Å². The van der Waals surface area contributed by atoms with E-state index in [1.54, 1.807) is 0 Å². The van der Waals surface area contributed by atoms with Gasteiger partial charge < -0.3 is 14.9 Å². The van der Waals surface area contributed by atoms with Gasteiger partial charge in [0.2, 0.25) is 0 Å². The molecular weight excluding hydrogens is 162 g/mol. The maximum atomic E-state index is 10.1. The molecule has 0 aromatic carbocycles. The number of aliphatic carboxylic acids is 1. The minimum Gasteiger partial charge on any atom is -0.480 e. The first kappa shape index (κ1) is 9.58. The summed E-state index contributed by atoms with van der Waals surface area (Å²) in [5.41, 5.74) is 0. The fraction of sp³-hybridized carbons (Fsp3) is 0.667. The fourth-order valence-corrected chi connectivity index (χ4v) is 0.712. The first-order valence-electron chi connectivity index (χ1n) is 2.39. The van der Waals surface area contributed by atoms with E-state index in [1.165, 1.54) is 0 Å². The van der Waals surface area contributed by atoms with E-state index in [9.17, 15) is 9.36 Å². The minimum absolute atomic E-state index is 0.439. The highest BCUT2D eigenvalue weighted by Crippen LogP contribution is 2.31. The Morgan fingerprint density at radius 1 is 1.50 bits per heavy atom. The van der Waals surface area contributed by atoms with E-state index in [0.29, 0.717) is 0 Å². The Hall–Kier alpha value is -0.420. The molecule has 0 amide bonds. The zero-order valence-corrected chi connectivity index (χ0v) is 5.91. The number of carboxylic acids is 1. The summed E-state index contributed by atoms with van der Waals surface area (Å²) < 4.78 is 10.1. The average Bonchev–Trinajstić information content (AvgIpc) is 1.59. The Kier molecular flexibility index (Phi) is 3.52. The molecule has 0 aromatic rings. The van der Waals surface area contributed by atoms with Gasteiger partial charge in [0.1, 0.15) is 0 Å². The van der Waals surface area contributed by atoms with E-state index >= 15 is 0 Å². The van der Waals surface area contributed by atoms with Crippen LogP contribution in [0.25, 0.3) is 0 Å². The van der Waals surface area contributed by atoms with Crippen LogP contribution in [0.3, 0.4) is 0 Å². The second kappa shape index (κ2) is 3.68. The van der Waals surface area contributed by atoms with Gasteiger partial charge in [0.25, 0.3) is 0 Å². The Morgan fingerprint density at radius 2 is 2.00 bits per heavy atom. The molecule has 0 saturated heterocycles. The second-order valence-corrected chi connectivity index (χ2v) is 3.29.